The third-order valence-electron chi connectivity index (χ3n) is 4.09. The minimum Gasteiger partial charge on any atom is -0.491 e. The maximum Gasteiger partial charge on any atom is 0.336 e. The summed E-state index contributed by atoms with van der Waals surface area (Å²) in [6, 6.07) is 6.85. The number of rotatable bonds is 5. The second kappa shape index (κ2) is 7.12. The molecule has 2 N–H and O–H groups in total. The molecule has 1 aromatic carbocycles. The van der Waals surface area contributed by atoms with Crippen LogP contribution < -0.4 is 15.3 Å². The van der Waals surface area contributed by atoms with Gasteiger partial charge in [0.2, 0.25) is 0 Å². The first-order valence-corrected chi connectivity index (χ1v) is 7.88. The number of ether oxygens (including phenoxy) is 2. The molecule has 3 rings (SSSR count). The number of benzene rings is 1. The van der Waals surface area contributed by atoms with Gasteiger partial charge in [-0.15, -0.1) is 0 Å². The Balaban J connectivity index is 1.61. The van der Waals surface area contributed by atoms with Gasteiger partial charge in [0.15, 0.2) is 0 Å². The maximum atomic E-state index is 11.4. The Kier molecular flexibility index (Phi) is 4.95. The van der Waals surface area contributed by atoms with E-state index in [0.717, 1.165) is 37.3 Å². The molecule has 0 bridgehead atoms. The number of hydrogen-bond acceptors (Lipinski definition) is 5. The molecule has 1 aliphatic rings. The van der Waals surface area contributed by atoms with E-state index in [1.807, 2.05) is 19.1 Å². The van der Waals surface area contributed by atoms with Crippen LogP contribution in [0.1, 0.15) is 5.56 Å². The van der Waals surface area contributed by atoms with Gasteiger partial charge in [-0.05, 0) is 24.6 Å². The lowest BCUT2D eigenvalue weighted by Crippen LogP contribution is -3.15. The summed E-state index contributed by atoms with van der Waals surface area (Å²) in [6.07, 6.45) is -0.539. The van der Waals surface area contributed by atoms with E-state index in [1.165, 1.54) is 11.0 Å². The molecule has 1 aromatic heterocycles. The minimum absolute atomic E-state index is 0.214. The molecule has 2 aromatic rings. The molecule has 124 valence electrons. The number of aliphatic hydroxyl groups is 1. The SMILES string of the molecule is Cc1cc(=O)oc2cc(OCC(O)C[NH+]3CCOCC3)ccc12. The zero-order valence-corrected chi connectivity index (χ0v) is 13.2. The Morgan fingerprint density at radius 3 is 2.87 bits per heavy atom. The average molecular weight is 320 g/mol. The number of aliphatic hydroxyl groups excluding tert-OH is 1. The molecular formula is C17H22NO5+. The van der Waals surface area contributed by atoms with Crippen LogP contribution in [-0.4, -0.2) is 50.7 Å². The second-order valence-electron chi connectivity index (χ2n) is 5.94. The van der Waals surface area contributed by atoms with Gasteiger partial charge < -0.3 is 23.9 Å². The van der Waals surface area contributed by atoms with Gasteiger partial charge in [0.05, 0.1) is 13.2 Å². The molecule has 23 heavy (non-hydrogen) atoms. The molecule has 6 nitrogen and oxygen atoms in total. The fourth-order valence-corrected chi connectivity index (χ4v) is 2.84. The van der Waals surface area contributed by atoms with E-state index in [4.69, 9.17) is 13.9 Å². The Hall–Kier alpha value is -1.89. The zero-order valence-electron chi connectivity index (χ0n) is 13.2. The van der Waals surface area contributed by atoms with Crippen molar-refractivity contribution >= 4 is 11.0 Å². The van der Waals surface area contributed by atoms with Crippen molar-refractivity contribution in [3.05, 3.63) is 40.2 Å². The Morgan fingerprint density at radius 1 is 1.30 bits per heavy atom. The highest BCUT2D eigenvalue weighted by Gasteiger charge is 2.18. The first-order chi connectivity index (χ1) is 11.1. The number of aryl methyl sites for hydroxylation is 1. The predicted octanol–water partition coefficient (Wildman–Crippen LogP) is -0.244. The minimum atomic E-state index is -0.539. The van der Waals surface area contributed by atoms with Crippen molar-refractivity contribution in [1.82, 2.24) is 0 Å². The van der Waals surface area contributed by atoms with E-state index in [1.54, 1.807) is 6.07 Å². The normalized spacial score (nSPS) is 17.3. The van der Waals surface area contributed by atoms with Crippen LogP contribution in [0.15, 0.2) is 33.5 Å². The summed E-state index contributed by atoms with van der Waals surface area (Å²) in [5.74, 6) is 0.585. The number of fused-ring (bicyclic) bond motifs is 1. The van der Waals surface area contributed by atoms with Gasteiger partial charge in [0.1, 0.15) is 43.7 Å². The third kappa shape index (κ3) is 4.10. The van der Waals surface area contributed by atoms with Crippen molar-refractivity contribution in [3.8, 4) is 5.75 Å². The van der Waals surface area contributed by atoms with E-state index in [9.17, 15) is 9.90 Å². The van der Waals surface area contributed by atoms with Gasteiger partial charge in [-0.3, -0.25) is 0 Å². The fourth-order valence-electron chi connectivity index (χ4n) is 2.84. The van der Waals surface area contributed by atoms with Crippen LogP contribution in [0, 0.1) is 6.92 Å². The standard InChI is InChI=1S/C17H21NO5/c1-12-8-17(20)23-16-9-14(2-3-15(12)16)22-11-13(19)10-18-4-6-21-7-5-18/h2-3,8-9,13,19H,4-7,10-11H2,1H3/p+1. The van der Waals surface area contributed by atoms with Crippen molar-refractivity contribution in [2.24, 2.45) is 0 Å². The molecule has 0 radical (unpaired) electrons. The number of quaternary nitrogens is 1. The van der Waals surface area contributed by atoms with Crippen molar-refractivity contribution in [2.45, 2.75) is 13.0 Å². The van der Waals surface area contributed by atoms with Gasteiger partial charge in [-0.2, -0.15) is 0 Å². The van der Waals surface area contributed by atoms with Crippen molar-refractivity contribution < 1.29 is 23.9 Å². The predicted molar refractivity (Wildman–Crippen MR) is 85.1 cm³/mol. The lowest BCUT2D eigenvalue weighted by molar-refractivity contribution is -0.911. The number of hydrogen-bond donors (Lipinski definition) is 2. The monoisotopic (exact) mass is 320 g/mol. The van der Waals surface area contributed by atoms with E-state index in [0.29, 0.717) is 17.9 Å². The first-order valence-electron chi connectivity index (χ1n) is 7.88. The Labute approximate surface area is 134 Å². The van der Waals surface area contributed by atoms with Crippen LogP contribution in [-0.2, 0) is 4.74 Å². The molecule has 0 amide bonds. The van der Waals surface area contributed by atoms with Crippen LogP contribution in [0.5, 0.6) is 5.75 Å². The van der Waals surface area contributed by atoms with Crippen molar-refractivity contribution in [1.29, 1.82) is 0 Å². The molecule has 1 unspecified atom stereocenters. The average Bonchev–Trinajstić information content (AvgIpc) is 2.53. The summed E-state index contributed by atoms with van der Waals surface area (Å²) in [6.45, 7) is 6.04. The topological polar surface area (TPSA) is 73.3 Å². The zero-order chi connectivity index (χ0) is 16.2. The Morgan fingerprint density at radius 2 is 2.09 bits per heavy atom. The van der Waals surface area contributed by atoms with E-state index >= 15 is 0 Å². The van der Waals surface area contributed by atoms with Crippen LogP contribution in [0.3, 0.4) is 0 Å². The van der Waals surface area contributed by atoms with E-state index < -0.39 is 6.10 Å². The van der Waals surface area contributed by atoms with Gasteiger partial charge in [0.25, 0.3) is 0 Å². The molecule has 0 spiro atoms. The van der Waals surface area contributed by atoms with Gasteiger partial charge >= 0.3 is 5.63 Å². The molecule has 1 saturated heterocycles. The fraction of sp³-hybridized carbons (Fsp3) is 0.471. The van der Waals surface area contributed by atoms with Crippen LogP contribution >= 0.6 is 0 Å². The highest BCUT2D eigenvalue weighted by molar-refractivity contribution is 5.81. The summed E-state index contributed by atoms with van der Waals surface area (Å²) < 4.78 is 16.1. The van der Waals surface area contributed by atoms with Gasteiger partial charge in [-0.1, -0.05) is 0 Å². The van der Waals surface area contributed by atoms with Crippen molar-refractivity contribution in [2.75, 3.05) is 39.5 Å². The quantitative estimate of drug-likeness (QED) is 0.744. The van der Waals surface area contributed by atoms with Crippen molar-refractivity contribution in [3.63, 3.8) is 0 Å². The summed E-state index contributed by atoms with van der Waals surface area (Å²) in [5, 5.41) is 11.0. The van der Waals surface area contributed by atoms with Crippen LogP contribution in [0.4, 0.5) is 0 Å². The molecular weight excluding hydrogens is 298 g/mol. The smallest absolute Gasteiger partial charge is 0.336 e. The second-order valence-corrected chi connectivity index (χ2v) is 5.94. The molecule has 1 fully saturated rings. The lowest BCUT2D eigenvalue weighted by atomic mass is 10.1. The van der Waals surface area contributed by atoms with Crippen LogP contribution in [0.25, 0.3) is 11.0 Å². The highest BCUT2D eigenvalue weighted by atomic mass is 16.5. The maximum absolute atomic E-state index is 11.4. The summed E-state index contributed by atoms with van der Waals surface area (Å²) in [4.78, 5) is 12.8. The van der Waals surface area contributed by atoms with Crippen LogP contribution in [0.2, 0.25) is 0 Å². The van der Waals surface area contributed by atoms with E-state index in [2.05, 4.69) is 0 Å². The summed E-state index contributed by atoms with van der Waals surface area (Å²) in [7, 11) is 0. The number of nitrogens with one attached hydrogen (secondary N) is 1. The summed E-state index contributed by atoms with van der Waals surface area (Å²) >= 11 is 0. The largest absolute Gasteiger partial charge is 0.491 e. The first kappa shape index (κ1) is 16.0. The van der Waals surface area contributed by atoms with Gasteiger partial charge in [0, 0.05) is 17.5 Å². The Bertz CT molecular complexity index is 720. The molecule has 0 saturated carbocycles. The molecule has 1 aliphatic heterocycles. The summed E-state index contributed by atoms with van der Waals surface area (Å²) in [5.41, 5.74) is 1.00. The molecule has 1 atom stereocenters. The third-order valence-corrected chi connectivity index (χ3v) is 4.09. The van der Waals surface area contributed by atoms with E-state index in [-0.39, 0.29) is 12.2 Å². The highest BCUT2D eigenvalue weighted by Crippen LogP contribution is 2.22. The molecule has 6 heteroatoms. The molecule has 2 heterocycles. The lowest BCUT2D eigenvalue weighted by Gasteiger charge is -2.25. The molecule has 0 aliphatic carbocycles. The number of morpholine rings is 1. The van der Waals surface area contributed by atoms with Gasteiger partial charge in [-0.25, -0.2) is 4.79 Å².